The first kappa shape index (κ1) is 13.7. The third kappa shape index (κ3) is 3.56. The second-order valence-corrected chi connectivity index (χ2v) is 4.27. The Kier molecular flexibility index (Phi) is 5.15. The lowest BCUT2D eigenvalue weighted by Gasteiger charge is -2.05. The fourth-order valence-corrected chi connectivity index (χ4v) is 1.84. The number of hydrogen-bond acceptors (Lipinski definition) is 3. The van der Waals surface area contributed by atoms with Crippen molar-refractivity contribution in [3.05, 3.63) is 17.0 Å². The van der Waals surface area contributed by atoms with E-state index < -0.39 is 0 Å². The topological polar surface area (TPSA) is 72.9 Å². The molecule has 17 heavy (non-hydrogen) atoms. The SMILES string of the molecule is Cc1nn(C)c(C)c1C(=O)NCCCCCN. The summed E-state index contributed by atoms with van der Waals surface area (Å²) in [7, 11) is 1.85. The summed E-state index contributed by atoms with van der Waals surface area (Å²) in [5.41, 5.74) is 7.79. The van der Waals surface area contributed by atoms with Crippen LogP contribution in [0.15, 0.2) is 0 Å². The van der Waals surface area contributed by atoms with Gasteiger partial charge in [-0.1, -0.05) is 6.42 Å². The number of carbonyl (C=O) groups is 1. The van der Waals surface area contributed by atoms with Gasteiger partial charge in [0.1, 0.15) is 0 Å². The highest BCUT2D eigenvalue weighted by Gasteiger charge is 2.16. The zero-order valence-corrected chi connectivity index (χ0v) is 10.9. The molecule has 0 saturated carbocycles. The summed E-state index contributed by atoms with van der Waals surface area (Å²) in [6.45, 7) is 5.18. The van der Waals surface area contributed by atoms with Crippen molar-refractivity contribution in [2.24, 2.45) is 12.8 Å². The van der Waals surface area contributed by atoms with Gasteiger partial charge in [-0.25, -0.2) is 0 Å². The maximum atomic E-state index is 11.9. The monoisotopic (exact) mass is 238 g/mol. The quantitative estimate of drug-likeness (QED) is 0.723. The summed E-state index contributed by atoms with van der Waals surface area (Å²) in [6, 6.07) is 0. The fraction of sp³-hybridized carbons (Fsp3) is 0.667. The fourth-order valence-electron chi connectivity index (χ4n) is 1.84. The Hall–Kier alpha value is -1.36. The molecule has 0 saturated heterocycles. The smallest absolute Gasteiger partial charge is 0.255 e. The largest absolute Gasteiger partial charge is 0.352 e. The van der Waals surface area contributed by atoms with Gasteiger partial charge in [0.05, 0.1) is 11.3 Å². The van der Waals surface area contributed by atoms with Crippen molar-refractivity contribution >= 4 is 5.91 Å². The molecule has 1 amide bonds. The second kappa shape index (κ2) is 6.39. The third-order valence-corrected chi connectivity index (χ3v) is 2.90. The van der Waals surface area contributed by atoms with Crippen molar-refractivity contribution in [2.75, 3.05) is 13.1 Å². The number of unbranched alkanes of at least 4 members (excludes halogenated alkanes) is 2. The van der Waals surface area contributed by atoms with Crippen LogP contribution in [0.4, 0.5) is 0 Å². The maximum Gasteiger partial charge on any atom is 0.255 e. The Balaban J connectivity index is 2.47. The first-order valence-corrected chi connectivity index (χ1v) is 6.06. The lowest BCUT2D eigenvalue weighted by atomic mass is 10.2. The number of aryl methyl sites for hydroxylation is 2. The van der Waals surface area contributed by atoms with E-state index in [4.69, 9.17) is 5.73 Å². The van der Waals surface area contributed by atoms with Crippen molar-refractivity contribution in [1.82, 2.24) is 15.1 Å². The molecule has 0 unspecified atom stereocenters. The first-order chi connectivity index (χ1) is 8.07. The minimum Gasteiger partial charge on any atom is -0.352 e. The predicted octanol–water partition coefficient (Wildman–Crippen LogP) is 0.896. The van der Waals surface area contributed by atoms with Gasteiger partial charge in [0.2, 0.25) is 0 Å². The Labute approximate surface area is 102 Å². The van der Waals surface area contributed by atoms with Crippen LogP contribution in [0.2, 0.25) is 0 Å². The molecule has 0 spiro atoms. The van der Waals surface area contributed by atoms with Crippen LogP contribution in [0.5, 0.6) is 0 Å². The van der Waals surface area contributed by atoms with E-state index in [9.17, 15) is 4.79 Å². The molecule has 0 atom stereocenters. The Bertz CT molecular complexity index is 384. The molecule has 0 radical (unpaired) electrons. The highest BCUT2D eigenvalue weighted by atomic mass is 16.1. The molecule has 0 aliphatic carbocycles. The lowest BCUT2D eigenvalue weighted by molar-refractivity contribution is 0.0951. The average Bonchev–Trinajstić information content (AvgIpc) is 2.53. The standard InChI is InChI=1S/C12H22N4O/c1-9-11(10(2)16(3)15-9)12(17)14-8-6-4-5-7-13/h4-8,13H2,1-3H3,(H,14,17). The van der Waals surface area contributed by atoms with Crippen LogP contribution in [0, 0.1) is 13.8 Å². The third-order valence-electron chi connectivity index (χ3n) is 2.90. The molecule has 0 aliphatic heterocycles. The van der Waals surface area contributed by atoms with Gasteiger partial charge in [-0.2, -0.15) is 5.10 Å². The van der Waals surface area contributed by atoms with Gasteiger partial charge in [0.15, 0.2) is 0 Å². The molecule has 1 heterocycles. The van der Waals surface area contributed by atoms with Crippen LogP contribution in [0.3, 0.4) is 0 Å². The van der Waals surface area contributed by atoms with Crippen molar-refractivity contribution in [3.8, 4) is 0 Å². The van der Waals surface area contributed by atoms with Gasteiger partial charge in [0, 0.05) is 19.3 Å². The normalized spacial score (nSPS) is 10.6. The van der Waals surface area contributed by atoms with E-state index in [1.165, 1.54) is 0 Å². The summed E-state index contributed by atoms with van der Waals surface area (Å²) >= 11 is 0. The van der Waals surface area contributed by atoms with Gasteiger partial charge in [-0.05, 0) is 33.2 Å². The van der Waals surface area contributed by atoms with Gasteiger partial charge < -0.3 is 11.1 Å². The molecule has 3 N–H and O–H groups in total. The zero-order chi connectivity index (χ0) is 12.8. The Morgan fingerprint density at radius 3 is 2.59 bits per heavy atom. The second-order valence-electron chi connectivity index (χ2n) is 4.27. The summed E-state index contributed by atoms with van der Waals surface area (Å²) in [5, 5.41) is 7.15. The highest BCUT2D eigenvalue weighted by Crippen LogP contribution is 2.11. The number of nitrogens with zero attached hydrogens (tertiary/aromatic N) is 2. The van der Waals surface area contributed by atoms with Crippen LogP contribution in [0.1, 0.15) is 41.0 Å². The number of nitrogens with one attached hydrogen (secondary N) is 1. The van der Waals surface area contributed by atoms with E-state index in [1.54, 1.807) is 4.68 Å². The van der Waals surface area contributed by atoms with Crippen LogP contribution < -0.4 is 11.1 Å². The van der Waals surface area contributed by atoms with Gasteiger partial charge in [-0.15, -0.1) is 0 Å². The molecule has 5 heteroatoms. The number of nitrogens with two attached hydrogens (primary N) is 1. The molecular weight excluding hydrogens is 216 g/mol. The highest BCUT2D eigenvalue weighted by molar-refractivity contribution is 5.96. The number of aromatic nitrogens is 2. The van der Waals surface area contributed by atoms with Crippen molar-refractivity contribution < 1.29 is 4.79 Å². The summed E-state index contributed by atoms with van der Waals surface area (Å²) in [5.74, 6) is -0.0270. The molecular formula is C12H22N4O. The predicted molar refractivity (Wildman–Crippen MR) is 67.9 cm³/mol. The van der Waals surface area contributed by atoms with Gasteiger partial charge in [-0.3, -0.25) is 9.48 Å². The number of hydrogen-bond donors (Lipinski definition) is 2. The van der Waals surface area contributed by atoms with E-state index in [2.05, 4.69) is 10.4 Å². The molecule has 5 nitrogen and oxygen atoms in total. The Morgan fingerprint density at radius 2 is 2.06 bits per heavy atom. The molecule has 1 aromatic heterocycles. The molecule has 0 aromatic carbocycles. The molecule has 0 aliphatic rings. The van der Waals surface area contributed by atoms with Gasteiger partial charge in [0.25, 0.3) is 5.91 Å². The van der Waals surface area contributed by atoms with E-state index >= 15 is 0 Å². The van der Waals surface area contributed by atoms with Crippen LogP contribution in [-0.4, -0.2) is 28.8 Å². The first-order valence-electron chi connectivity index (χ1n) is 6.06. The summed E-state index contributed by atoms with van der Waals surface area (Å²) < 4.78 is 1.73. The van der Waals surface area contributed by atoms with E-state index in [-0.39, 0.29) is 5.91 Å². The number of carbonyl (C=O) groups excluding carboxylic acids is 1. The van der Waals surface area contributed by atoms with Crippen molar-refractivity contribution in [1.29, 1.82) is 0 Å². The van der Waals surface area contributed by atoms with Crippen molar-refractivity contribution in [2.45, 2.75) is 33.1 Å². The van der Waals surface area contributed by atoms with Crippen LogP contribution in [-0.2, 0) is 7.05 Å². The van der Waals surface area contributed by atoms with E-state index in [0.717, 1.165) is 37.2 Å². The molecule has 1 rings (SSSR count). The van der Waals surface area contributed by atoms with Crippen molar-refractivity contribution in [3.63, 3.8) is 0 Å². The Morgan fingerprint density at radius 1 is 1.35 bits per heavy atom. The molecule has 96 valence electrons. The van der Waals surface area contributed by atoms with E-state index in [1.807, 2.05) is 20.9 Å². The van der Waals surface area contributed by atoms with Gasteiger partial charge >= 0.3 is 0 Å². The number of amides is 1. The maximum absolute atomic E-state index is 11.9. The van der Waals surface area contributed by atoms with Crippen LogP contribution >= 0.6 is 0 Å². The average molecular weight is 238 g/mol. The van der Waals surface area contributed by atoms with Crippen LogP contribution in [0.25, 0.3) is 0 Å². The lowest BCUT2D eigenvalue weighted by Crippen LogP contribution is -2.25. The molecule has 0 bridgehead atoms. The minimum atomic E-state index is -0.0270. The summed E-state index contributed by atoms with van der Waals surface area (Å²) in [6.07, 6.45) is 3.05. The molecule has 0 fully saturated rings. The zero-order valence-electron chi connectivity index (χ0n) is 10.9. The number of rotatable bonds is 6. The molecule has 1 aromatic rings. The summed E-state index contributed by atoms with van der Waals surface area (Å²) in [4.78, 5) is 11.9. The minimum absolute atomic E-state index is 0.0270. The van der Waals surface area contributed by atoms with E-state index in [0.29, 0.717) is 12.1 Å².